The van der Waals surface area contributed by atoms with E-state index in [2.05, 4.69) is 5.32 Å². The lowest BCUT2D eigenvalue weighted by atomic mass is 10.0. The summed E-state index contributed by atoms with van der Waals surface area (Å²) in [4.78, 5) is 11.8. The Morgan fingerprint density at radius 3 is 2.47 bits per heavy atom. The summed E-state index contributed by atoms with van der Waals surface area (Å²) < 4.78 is 0. The van der Waals surface area contributed by atoms with Crippen molar-refractivity contribution in [1.82, 2.24) is 5.32 Å². The Hall–Kier alpha value is -1.15. The molecule has 1 N–H and O–H groups in total. The van der Waals surface area contributed by atoms with Gasteiger partial charge in [0.15, 0.2) is 5.78 Å². The molecule has 0 aliphatic carbocycles. The fourth-order valence-corrected chi connectivity index (χ4v) is 1.56. The molecule has 15 heavy (non-hydrogen) atoms. The second-order valence-corrected chi connectivity index (χ2v) is 3.95. The molecule has 0 amide bonds. The third-order valence-corrected chi connectivity index (χ3v) is 2.42. The fourth-order valence-electron chi connectivity index (χ4n) is 1.56. The van der Waals surface area contributed by atoms with Gasteiger partial charge in [0.1, 0.15) is 0 Å². The molecule has 0 saturated carbocycles. The summed E-state index contributed by atoms with van der Waals surface area (Å²) in [5, 5.41) is 3.24. The number of hydrogen-bond acceptors (Lipinski definition) is 2. The normalized spacial score (nSPS) is 12.5. The first-order valence-corrected chi connectivity index (χ1v) is 5.46. The first-order chi connectivity index (χ1) is 7.13. The first kappa shape index (κ1) is 11.9. The number of aryl methyl sites for hydroxylation is 1. The van der Waals surface area contributed by atoms with E-state index in [4.69, 9.17) is 0 Å². The van der Waals surface area contributed by atoms with Crippen LogP contribution in [0.3, 0.4) is 0 Å². The van der Waals surface area contributed by atoms with Crippen LogP contribution in [0.15, 0.2) is 24.3 Å². The van der Waals surface area contributed by atoms with Gasteiger partial charge in [0.2, 0.25) is 0 Å². The van der Waals surface area contributed by atoms with Crippen molar-refractivity contribution in [2.45, 2.75) is 33.2 Å². The number of carbonyl (C=O) groups excluding carboxylic acids is 1. The van der Waals surface area contributed by atoms with Gasteiger partial charge < -0.3 is 5.32 Å². The van der Waals surface area contributed by atoms with Crippen molar-refractivity contribution in [2.75, 3.05) is 6.54 Å². The number of ketones is 1. The molecule has 1 aromatic rings. The zero-order chi connectivity index (χ0) is 11.3. The quantitative estimate of drug-likeness (QED) is 0.748. The molecule has 2 heteroatoms. The molecule has 1 rings (SSSR count). The molecular formula is C13H19NO. The summed E-state index contributed by atoms with van der Waals surface area (Å²) in [6, 6.07) is 8.01. The van der Waals surface area contributed by atoms with Crippen LogP contribution in [0.5, 0.6) is 0 Å². The number of hydrogen-bond donors (Lipinski definition) is 1. The van der Waals surface area contributed by atoms with Crippen LogP contribution in [0.25, 0.3) is 0 Å². The van der Waals surface area contributed by atoms with Crippen LogP contribution in [-0.2, 0) is 0 Å². The van der Waals surface area contributed by atoms with E-state index >= 15 is 0 Å². The molecule has 0 fully saturated rings. The molecule has 0 saturated heterocycles. The fraction of sp³-hybridized carbons (Fsp3) is 0.462. The van der Waals surface area contributed by atoms with Gasteiger partial charge in [0.25, 0.3) is 0 Å². The summed E-state index contributed by atoms with van der Waals surface area (Å²) >= 11 is 0. The number of benzene rings is 1. The van der Waals surface area contributed by atoms with Crippen LogP contribution in [0, 0.1) is 6.92 Å². The summed E-state index contributed by atoms with van der Waals surface area (Å²) in [5.74, 6) is 0.212. The molecule has 0 aliphatic rings. The number of carbonyl (C=O) groups is 1. The molecule has 1 aromatic carbocycles. The van der Waals surface area contributed by atoms with Gasteiger partial charge in [-0.2, -0.15) is 0 Å². The van der Waals surface area contributed by atoms with Crippen LogP contribution >= 0.6 is 0 Å². The lowest BCUT2D eigenvalue weighted by Gasteiger charge is -2.10. The van der Waals surface area contributed by atoms with Crippen LogP contribution < -0.4 is 5.32 Å². The maximum absolute atomic E-state index is 11.8. The zero-order valence-electron chi connectivity index (χ0n) is 9.71. The van der Waals surface area contributed by atoms with Crippen molar-refractivity contribution >= 4 is 5.78 Å². The second-order valence-electron chi connectivity index (χ2n) is 3.95. The van der Waals surface area contributed by atoms with Gasteiger partial charge in [-0.05, 0) is 20.4 Å². The van der Waals surface area contributed by atoms with Gasteiger partial charge in [-0.25, -0.2) is 0 Å². The summed E-state index contributed by atoms with van der Waals surface area (Å²) in [5.41, 5.74) is 2.00. The number of Topliss-reactive ketones (excluding diaryl/α,β-unsaturated/α-hetero) is 1. The summed E-state index contributed by atoms with van der Waals surface area (Å²) in [7, 11) is 0. The Bertz CT molecular complexity index is 316. The largest absolute Gasteiger partial charge is 0.314 e. The van der Waals surface area contributed by atoms with E-state index in [0.29, 0.717) is 6.42 Å². The van der Waals surface area contributed by atoms with Crippen molar-refractivity contribution < 1.29 is 4.79 Å². The Morgan fingerprint density at radius 1 is 1.33 bits per heavy atom. The van der Waals surface area contributed by atoms with Gasteiger partial charge in [-0.15, -0.1) is 0 Å². The highest BCUT2D eigenvalue weighted by Crippen LogP contribution is 2.07. The van der Waals surface area contributed by atoms with Gasteiger partial charge in [0, 0.05) is 18.0 Å². The molecule has 1 atom stereocenters. The Morgan fingerprint density at radius 2 is 1.93 bits per heavy atom. The Labute approximate surface area is 91.7 Å². The topological polar surface area (TPSA) is 29.1 Å². The number of rotatable bonds is 5. The van der Waals surface area contributed by atoms with Crippen molar-refractivity contribution in [3.05, 3.63) is 35.4 Å². The standard InChI is InChI=1S/C13H19NO/c1-4-14-11(3)9-13(15)12-7-5-10(2)6-8-12/h5-8,11,14H,4,9H2,1-3H3. The lowest BCUT2D eigenvalue weighted by molar-refractivity contribution is 0.0972. The first-order valence-electron chi connectivity index (χ1n) is 5.46. The monoisotopic (exact) mass is 205 g/mol. The second kappa shape index (κ2) is 5.66. The Kier molecular flexibility index (Phi) is 4.50. The molecule has 0 heterocycles. The average Bonchev–Trinajstić information content (AvgIpc) is 2.18. The average molecular weight is 205 g/mol. The molecule has 0 aliphatic heterocycles. The zero-order valence-corrected chi connectivity index (χ0v) is 9.71. The Balaban J connectivity index is 2.57. The van der Waals surface area contributed by atoms with E-state index in [9.17, 15) is 4.79 Å². The molecule has 1 unspecified atom stereocenters. The molecule has 0 spiro atoms. The minimum Gasteiger partial charge on any atom is -0.314 e. The van der Waals surface area contributed by atoms with E-state index in [1.165, 1.54) is 5.56 Å². The molecule has 0 aromatic heterocycles. The van der Waals surface area contributed by atoms with Crippen LogP contribution in [0.1, 0.15) is 36.2 Å². The minimum atomic E-state index is 0.212. The minimum absolute atomic E-state index is 0.212. The van der Waals surface area contributed by atoms with Crippen LogP contribution in [0.2, 0.25) is 0 Å². The summed E-state index contributed by atoms with van der Waals surface area (Å²) in [6.07, 6.45) is 0.566. The SMILES string of the molecule is CCNC(C)CC(=O)c1ccc(C)cc1. The van der Waals surface area contributed by atoms with E-state index < -0.39 is 0 Å². The molecule has 2 nitrogen and oxygen atoms in total. The van der Waals surface area contributed by atoms with Gasteiger partial charge in [0.05, 0.1) is 0 Å². The van der Waals surface area contributed by atoms with Crippen molar-refractivity contribution in [2.24, 2.45) is 0 Å². The maximum Gasteiger partial charge on any atom is 0.164 e. The van der Waals surface area contributed by atoms with Gasteiger partial charge in [-0.3, -0.25) is 4.79 Å². The lowest BCUT2D eigenvalue weighted by Crippen LogP contribution is -2.28. The molecule has 82 valence electrons. The predicted octanol–water partition coefficient (Wildman–Crippen LogP) is 2.57. The van der Waals surface area contributed by atoms with Crippen molar-refractivity contribution in [1.29, 1.82) is 0 Å². The summed E-state index contributed by atoms with van der Waals surface area (Å²) in [6.45, 7) is 7.01. The van der Waals surface area contributed by atoms with Gasteiger partial charge >= 0.3 is 0 Å². The third-order valence-electron chi connectivity index (χ3n) is 2.42. The van der Waals surface area contributed by atoms with Crippen molar-refractivity contribution in [3.8, 4) is 0 Å². The number of nitrogens with one attached hydrogen (secondary N) is 1. The van der Waals surface area contributed by atoms with Crippen LogP contribution in [0.4, 0.5) is 0 Å². The highest BCUT2D eigenvalue weighted by molar-refractivity contribution is 5.96. The molecular weight excluding hydrogens is 186 g/mol. The predicted molar refractivity (Wildman–Crippen MR) is 63.3 cm³/mol. The molecule has 0 bridgehead atoms. The van der Waals surface area contributed by atoms with E-state index in [0.717, 1.165) is 12.1 Å². The van der Waals surface area contributed by atoms with Crippen molar-refractivity contribution in [3.63, 3.8) is 0 Å². The maximum atomic E-state index is 11.8. The molecule has 0 radical (unpaired) electrons. The third kappa shape index (κ3) is 3.84. The van der Waals surface area contributed by atoms with E-state index in [1.807, 2.05) is 45.0 Å². The van der Waals surface area contributed by atoms with E-state index in [1.54, 1.807) is 0 Å². The highest BCUT2D eigenvalue weighted by atomic mass is 16.1. The highest BCUT2D eigenvalue weighted by Gasteiger charge is 2.09. The smallest absolute Gasteiger partial charge is 0.164 e. The van der Waals surface area contributed by atoms with E-state index in [-0.39, 0.29) is 11.8 Å². The van der Waals surface area contributed by atoms with Crippen LogP contribution in [-0.4, -0.2) is 18.4 Å². The van der Waals surface area contributed by atoms with Gasteiger partial charge in [-0.1, -0.05) is 36.8 Å².